The Labute approximate surface area is 168 Å². The fourth-order valence-electron chi connectivity index (χ4n) is 3.71. The molecule has 0 atom stereocenters. The highest BCUT2D eigenvalue weighted by atomic mass is 16.5. The molecule has 5 rings (SSSR count). The molecule has 2 N–H and O–H groups in total. The van der Waals surface area contributed by atoms with Gasteiger partial charge >= 0.3 is 0 Å². The van der Waals surface area contributed by atoms with E-state index in [-0.39, 0.29) is 0 Å². The van der Waals surface area contributed by atoms with E-state index in [9.17, 15) is 0 Å². The number of rotatable bonds is 3. The van der Waals surface area contributed by atoms with Crippen molar-refractivity contribution < 1.29 is 4.74 Å². The van der Waals surface area contributed by atoms with Crippen molar-refractivity contribution in [2.24, 2.45) is 7.05 Å². The van der Waals surface area contributed by atoms with Crippen LogP contribution in [-0.4, -0.2) is 46.1 Å². The molecule has 0 radical (unpaired) electrons. The standard InChI is InChI=1S/C22H22N6O/c1-27-14-18(22(26-27)16-3-2-4-17(23)11-16)15-5-6-19-20(12-15)25-21(13-24-19)28-7-9-29-10-8-28/h2-6,11-14H,7-10,23H2,1H3. The van der Waals surface area contributed by atoms with Gasteiger partial charge in [-0.3, -0.25) is 9.67 Å². The Bertz CT molecular complexity index is 1180. The third kappa shape index (κ3) is 3.40. The third-order valence-corrected chi connectivity index (χ3v) is 5.16. The number of ether oxygens (including phenoxy) is 1. The lowest BCUT2D eigenvalue weighted by atomic mass is 10.0. The van der Waals surface area contributed by atoms with Crippen LogP contribution < -0.4 is 10.6 Å². The van der Waals surface area contributed by atoms with Gasteiger partial charge in [0.25, 0.3) is 0 Å². The van der Waals surface area contributed by atoms with E-state index in [2.05, 4.69) is 27.1 Å². The average molecular weight is 386 g/mol. The Morgan fingerprint density at radius 1 is 1.00 bits per heavy atom. The lowest BCUT2D eigenvalue weighted by molar-refractivity contribution is 0.122. The van der Waals surface area contributed by atoms with Gasteiger partial charge in [0.1, 0.15) is 11.5 Å². The van der Waals surface area contributed by atoms with Crippen molar-refractivity contribution >= 4 is 22.5 Å². The fraction of sp³-hybridized carbons (Fsp3) is 0.227. The maximum atomic E-state index is 5.99. The van der Waals surface area contributed by atoms with Crippen molar-refractivity contribution in [3.63, 3.8) is 0 Å². The molecule has 0 amide bonds. The Kier molecular flexibility index (Phi) is 4.37. The van der Waals surface area contributed by atoms with Gasteiger partial charge in [0.05, 0.1) is 30.4 Å². The van der Waals surface area contributed by atoms with Crippen LogP contribution >= 0.6 is 0 Å². The second kappa shape index (κ2) is 7.18. The number of benzene rings is 2. The minimum atomic E-state index is 0.721. The van der Waals surface area contributed by atoms with E-state index in [1.54, 1.807) is 0 Å². The molecule has 0 spiro atoms. The summed E-state index contributed by atoms with van der Waals surface area (Å²) in [6, 6.07) is 14.0. The number of fused-ring (bicyclic) bond motifs is 1. The summed E-state index contributed by atoms with van der Waals surface area (Å²) in [5, 5.41) is 4.67. The molecule has 0 unspecified atom stereocenters. The molecule has 0 aliphatic carbocycles. The predicted octanol–water partition coefficient (Wildman–Crippen LogP) is 3.12. The molecule has 3 heterocycles. The van der Waals surface area contributed by atoms with Crippen LogP contribution in [0.1, 0.15) is 0 Å². The second-order valence-electron chi connectivity index (χ2n) is 7.22. The van der Waals surface area contributed by atoms with Crippen LogP contribution in [0.5, 0.6) is 0 Å². The maximum absolute atomic E-state index is 5.99. The molecular weight excluding hydrogens is 364 g/mol. The smallest absolute Gasteiger partial charge is 0.148 e. The monoisotopic (exact) mass is 386 g/mol. The van der Waals surface area contributed by atoms with E-state index in [1.807, 2.05) is 54.5 Å². The zero-order valence-corrected chi connectivity index (χ0v) is 16.2. The van der Waals surface area contributed by atoms with E-state index in [0.29, 0.717) is 0 Å². The van der Waals surface area contributed by atoms with Gasteiger partial charge in [-0.2, -0.15) is 5.10 Å². The van der Waals surface area contributed by atoms with E-state index in [4.69, 9.17) is 15.5 Å². The van der Waals surface area contributed by atoms with Gasteiger partial charge in [-0.25, -0.2) is 4.98 Å². The lowest BCUT2D eigenvalue weighted by Crippen LogP contribution is -2.36. The van der Waals surface area contributed by atoms with Crippen LogP contribution in [0, 0.1) is 0 Å². The molecule has 2 aromatic carbocycles. The second-order valence-corrected chi connectivity index (χ2v) is 7.22. The summed E-state index contributed by atoms with van der Waals surface area (Å²) in [6.45, 7) is 3.11. The molecular formula is C22H22N6O. The topological polar surface area (TPSA) is 82.1 Å². The summed E-state index contributed by atoms with van der Waals surface area (Å²) in [7, 11) is 1.93. The fourth-order valence-corrected chi connectivity index (χ4v) is 3.71. The highest BCUT2D eigenvalue weighted by Gasteiger charge is 2.16. The largest absolute Gasteiger partial charge is 0.399 e. The number of morpholine rings is 1. The first-order valence-electron chi connectivity index (χ1n) is 9.67. The van der Waals surface area contributed by atoms with Gasteiger partial charge in [-0.15, -0.1) is 0 Å². The van der Waals surface area contributed by atoms with Crippen molar-refractivity contribution in [2.75, 3.05) is 36.9 Å². The molecule has 1 aliphatic rings. The Morgan fingerprint density at radius 2 is 1.86 bits per heavy atom. The van der Waals surface area contributed by atoms with Crippen LogP contribution in [-0.2, 0) is 11.8 Å². The number of nitrogens with two attached hydrogens (primary N) is 1. The highest BCUT2D eigenvalue weighted by molar-refractivity contribution is 5.87. The van der Waals surface area contributed by atoms with Gasteiger partial charge < -0.3 is 15.4 Å². The van der Waals surface area contributed by atoms with Crippen LogP contribution in [0.15, 0.2) is 54.9 Å². The lowest BCUT2D eigenvalue weighted by Gasteiger charge is -2.27. The minimum Gasteiger partial charge on any atom is -0.399 e. The molecule has 0 bridgehead atoms. The number of aryl methyl sites for hydroxylation is 1. The van der Waals surface area contributed by atoms with Gasteiger partial charge in [-0.05, 0) is 29.8 Å². The van der Waals surface area contributed by atoms with Gasteiger partial charge in [0.15, 0.2) is 0 Å². The SMILES string of the molecule is Cn1cc(-c2ccc3ncc(N4CCOCC4)nc3c2)c(-c2cccc(N)c2)n1. The number of nitrogen functional groups attached to an aromatic ring is 1. The number of aromatic nitrogens is 4. The number of anilines is 2. The Balaban J connectivity index is 1.58. The first kappa shape index (κ1) is 17.6. The molecule has 2 aromatic heterocycles. The maximum Gasteiger partial charge on any atom is 0.148 e. The summed E-state index contributed by atoms with van der Waals surface area (Å²) in [4.78, 5) is 11.7. The van der Waals surface area contributed by atoms with Crippen molar-refractivity contribution in [2.45, 2.75) is 0 Å². The van der Waals surface area contributed by atoms with Crippen LogP contribution in [0.3, 0.4) is 0 Å². The number of hydrogen-bond donors (Lipinski definition) is 1. The van der Waals surface area contributed by atoms with Gasteiger partial charge in [0, 0.05) is 43.1 Å². The molecule has 1 aliphatic heterocycles. The number of hydrogen-bond acceptors (Lipinski definition) is 6. The molecule has 7 nitrogen and oxygen atoms in total. The van der Waals surface area contributed by atoms with E-state index >= 15 is 0 Å². The Morgan fingerprint density at radius 3 is 2.69 bits per heavy atom. The minimum absolute atomic E-state index is 0.721. The van der Waals surface area contributed by atoms with Crippen LogP contribution in [0.25, 0.3) is 33.4 Å². The van der Waals surface area contributed by atoms with Crippen LogP contribution in [0.2, 0.25) is 0 Å². The zero-order valence-electron chi connectivity index (χ0n) is 16.2. The first-order chi connectivity index (χ1) is 14.2. The van der Waals surface area contributed by atoms with Gasteiger partial charge in [-0.1, -0.05) is 18.2 Å². The molecule has 7 heteroatoms. The van der Waals surface area contributed by atoms with E-state index in [1.165, 1.54) is 0 Å². The zero-order chi connectivity index (χ0) is 19.8. The van der Waals surface area contributed by atoms with Crippen molar-refractivity contribution in [3.05, 3.63) is 54.9 Å². The molecule has 1 saturated heterocycles. The Hall–Kier alpha value is -3.45. The molecule has 146 valence electrons. The van der Waals surface area contributed by atoms with Crippen molar-refractivity contribution in [1.82, 2.24) is 19.7 Å². The summed E-state index contributed by atoms with van der Waals surface area (Å²) < 4.78 is 7.27. The molecule has 1 fully saturated rings. The average Bonchev–Trinajstić information content (AvgIpc) is 3.15. The summed E-state index contributed by atoms with van der Waals surface area (Å²) in [5.41, 5.74) is 12.4. The molecule has 0 saturated carbocycles. The van der Waals surface area contributed by atoms with E-state index in [0.717, 1.165) is 71.2 Å². The normalized spacial score (nSPS) is 14.4. The first-order valence-corrected chi connectivity index (χ1v) is 9.67. The van der Waals surface area contributed by atoms with Gasteiger partial charge in [0.2, 0.25) is 0 Å². The highest BCUT2D eigenvalue weighted by Crippen LogP contribution is 2.33. The molecule has 4 aromatic rings. The summed E-state index contributed by atoms with van der Waals surface area (Å²) >= 11 is 0. The quantitative estimate of drug-likeness (QED) is 0.545. The van der Waals surface area contributed by atoms with E-state index < -0.39 is 0 Å². The third-order valence-electron chi connectivity index (χ3n) is 5.16. The number of nitrogens with zero attached hydrogens (tertiary/aromatic N) is 5. The summed E-state index contributed by atoms with van der Waals surface area (Å²) in [5.74, 6) is 0.889. The van der Waals surface area contributed by atoms with Crippen molar-refractivity contribution in [1.29, 1.82) is 0 Å². The summed E-state index contributed by atoms with van der Waals surface area (Å²) in [6.07, 6.45) is 3.87. The molecule has 29 heavy (non-hydrogen) atoms. The predicted molar refractivity (Wildman–Crippen MR) is 115 cm³/mol. The van der Waals surface area contributed by atoms with Crippen LogP contribution in [0.4, 0.5) is 11.5 Å². The van der Waals surface area contributed by atoms with Crippen molar-refractivity contribution in [3.8, 4) is 22.4 Å².